The van der Waals surface area contributed by atoms with Gasteiger partial charge in [0.25, 0.3) is 0 Å². The van der Waals surface area contributed by atoms with Crippen LogP contribution in [0.2, 0.25) is 0 Å². The van der Waals surface area contributed by atoms with E-state index in [9.17, 15) is 0 Å². The zero-order valence-electron chi connectivity index (χ0n) is 10.6. The Labute approximate surface area is 102 Å². The minimum absolute atomic E-state index is 0.143. The summed E-state index contributed by atoms with van der Waals surface area (Å²) in [6.45, 7) is 3.96. The van der Waals surface area contributed by atoms with Crippen LogP contribution < -0.4 is 11.1 Å². The van der Waals surface area contributed by atoms with E-state index < -0.39 is 0 Å². The number of aromatic nitrogens is 2. The summed E-state index contributed by atoms with van der Waals surface area (Å²) in [4.78, 5) is 8.15. The molecule has 0 aromatic carbocycles. The Hall–Kier alpha value is -0.870. The van der Waals surface area contributed by atoms with Gasteiger partial charge in [-0.25, -0.2) is 4.98 Å². The molecule has 0 unspecified atom stereocenters. The van der Waals surface area contributed by atoms with E-state index >= 15 is 0 Å². The van der Waals surface area contributed by atoms with E-state index in [0.29, 0.717) is 5.92 Å². The Bertz CT molecular complexity index is 402. The summed E-state index contributed by atoms with van der Waals surface area (Å²) in [5, 5.41) is 3.73. The maximum absolute atomic E-state index is 5.78. The number of nitrogens with one attached hydrogen (secondary N) is 2. The van der Waals surface area contributed by atoms with Crippen molar-refractivity contribution in [2.24, 2.45) is 11.7 Å². The Morgan fingerprint density at radius 3 is 2.88 bits per heavy atom. The number of imidazole rings is 1. The predicted molar refractivity (Wildman–Crippen MR) is 67.7 cm³/mol. The zero-order chi connectivity index (χ0) is 11.9. The fraction of sp³-hybridized carbons (Fsp3) is 0.769. The molecule has 2 heterocycles. The third kappa shape index (κ3) is 1.79. The third-order valence-electron chi connectivity index (χ3n) is 4.48. The summed E-state index contributed by atoms with van der Waals surface area (Å²) < 4.78 is 0. The van der Waals surface area contributed by atoms with Gasteiger partial charge in [-0.3, -0.25) is 0 Å². The first kappa shape index (κ1) is 11.2. The van der Waals surface area contributed by atoms with Gasteiger partial charge >= 0.3 is 0 Å². The van der Waals surface area contributed by atoms with E-state index in [4.69, 9.17) is 10.7 Å². The molecule has 1 spiro atoms. The summed E-state index contributed by atoms with van der Waals surface area (Å²) in [6, 6.07) is 0. The normalized spacial score (nSPS) is 32.7. The predicted octanol–water partition coefficient (Wildman–Crippen LogP) is 1.21. The first-order chi connectivity index (χ1) is 8.23. The van der Waals surface area contributed by atoms with Gasteiger partial charge in [-0.1, -0.05) is 0 Å². The second-order valence-electron chi connectivity index (χ2n) is 5.59. The lowest BCUT2D eigenvalue weighted by Crippen LogP contribution is -2.50. The number of H-pyrrole nitrogens is 1. The monoisotopic (exact) mass is 234 g/mol. The second kappa shape index (κ2) is 4.10. The van der Waals surface area contributed by atoms with Gasteiger partial charge < -0.3 is 16.0 Å². The molecule has 4 nitrogen and oxygen atoms in total. The molecular weight excluding hydrogens is 212 g/mol. The Morgan fingerprint density at radius 1 is 1.41 bits per heavy atom. The molecule has 0 radical (unpaired) electrons. The number of fused-ring (bicyclic) bond motifs is 2. The van der Waals surface area contributed by atoms with Gasteiger partial charge in [0.2, 0.25) is 0 Å². The van der Waals surface area contributed by atoms with Crippen LogP contribution in [0.25, 0.3) is 0 Å². The Balaban J connectivity index is 1.89. The van der Waals surface area contributed by atoms with E-state index in [1.165, 1.54) is 37.1 Å². The van der Waals surface area contributed by atoms with Gasteiger partial charge in [0, 0.05) is 18.7 Å². The Morgan fingerprint density at radius 2 is 2.18 bits per heavy atom. The van der Waals surface area contributed by atoms with Crippen LogP contribution in [-0.2, 0) is 12.0 Å². The van der Waals surface area contributed by atoms with Crippen molar-refractivity contribution in [2.45, 2.75) is 44.6 Å². The van der Waals surface area contributed by atoms with Gasteiger partial charge in [-0.2, -0.15) is 0 Å². The third-order valence-corrected chi connectivity index (χ3v) is 4.48. The molecule has 1 fully saturated rings. The summed E-state index contributed by atoms with van der Waals surface area (Å²) in [5.41, 5.74) is 8.56. The smallest absolute Gasteiger partial charge is 0.103 e. The second-order valence-corrected chi connectivity index (χ2v) is 5.59. The first-order valence-corrected chi connectivity index (χ1v) is 6.74. The van der Waals surface area contributed by atoms with E-state index in [-0.39, 0.29) is 5.54 Å². The van der Waals surface area contributed by atoms with Crippen molar-refractivity contribution in [2.75, 3.05) is 13.1 Å². The van der Waals surface area contributed by atoms with Crippen molar-refractivity contribution < 1.29 is 0 Å². The summed E-state index contributed by atoms with van der Waals surface area (Å²) in [7, 11) is 0. The molecule has 94 valence electrons. The topological polar surface area (TPSA) is 66.7 Å². The minimum Gasteiger partial charge on any atom is -0.346 e. The maximum atomic E-state index is 5.78. The molecule has 0 amide bonds. The van der Waals surface area contributed by atoms with E-state index in [1.807, 2.05) is 0 Å². The molecule has 1 aliphatic carbocycles. The molecule has 1 saturated carbocycles. The van der Waals surface area contributed by atoms with E-state index in [0.717, 1.165) is 25.3 Å². The maximum Gasteiger partial charge on any atom is 0.103 e. The van der Waals surface area contributed by atoms with Gasteiger partial charge in [-0.15, -0.1) is 0 Å². The van der Waals surface area contributed by atoms with Crippen LogP contribution in [0.5, 0.6) is 0 Å². The summed E-state index contributed by atoms with van der Waals surface area (Å²) >= 11 is 0. The molecule has 0 bridgehead atoms. The highest BCUT2D eigenvalue weighted by atomic mass is 15.1. The SMILES string of the molecule is Cc1nc2c([nH]1)CCNC21CCC(CN)CC1. The van der Waals surface area contributed by atoms with E-state index in [1.54, 1.807) is 0 Å². The van der Waals surface area contributed by atoms with Crippen molar-refractivity contribution in [3.05, 3.63) is 17.2 Å². The molecule has 0 atom stereocenters. The fourth-order valence-corrected chi connectivity index (χ4v) is 3.45. The van der Waals surface area contributed by atoms with E-state index in [2.05, 4.69) is 17.2 Å². The molecular formula is C13H22N4. The lowest BCUT2D eigenvalue weighted by atomic mass is 9.73. The van der Waals surface area contributed by atoms with Crippen LogP contribution in [0.15, 0.2) is 0 Å². The van der Waals surface area contributed by atoms with Crippen molar-refractivity contribution >= 4 is 0 Å². The van der Waals surface area contributed by atoms with Crippen molar-refractivity contribution in [1.82, 2.24) is 15.3 Å². The number of hydrogen-bond donors (Lipinski definition) is 3. The number of aryl methyl sites for hydroxylation is 1. The number of rotatable bonds is 1. The number of hydrogen-bond acceptors (Lipinski definition) is 3. The molecule has 17 heavy (non-hydrogen) atoms. The summed E-state index contributed by atoms with van der Waals surface area (Å²) in [5.74, 6) is 1.77. The van der Waals surface area contributed by atoms with Gasteiger partial charge in [0.1, 0.15) is 5.82 Å². The lowest BCUT2D eigenvalue weighted by molar-refractivity contribution is 0.178. The van der Waals surface area contributed by atoms with Crippen LogP contribution in [0.4, 0.5) is 0 Å². The number of nitrogens with zero attached hydrogens (tertiary/aromatic N) is 1. The van der Waals surface area contributed by atoms with Crippen LogP contribution in [-0.4, -0.2) is 23.1 Å². The number of nitrogens with two attached hydrogens (primary N) is 1. The summed E-state index contributed by atoms with van der Waals surface area (Å²) in [6.07, 6.45) is 5.92. The lowest BCUT2D eigenvalue weighted by Gasteiger charge is -2.42. The molecule has 4 heteroatoms. The van der Waals surface area contributed by atoms with Crippen LogP contribution in [0.3, 0.4) is 0 Å². The van der Waals surface area contributed by atoms with Crippen molar-refractivity contribution in [3.63, 3.8) is 0 Å². The van der Waals surface area contributed by atoms with Crippen molar-refractivity contribution in [3.8, 4) is 0 Å². The zero-order valence-corrected chi connectivity index (χ0v) is 10.6. The highest BCUT2D eigenvalue weighted by molar-refractivity contribution is 5.27. The van der Waals surface area contributed by atoms with Crippen LogP contribution >= 0.6 is 0 Å². The first-order valence-electron chi connectivity index (χ1n) is 6.74. The average molecular weight is 234 g/mol. The molecule has 1 aromatic rings. The highest BCUT2D eigenvalue weighted by Crippen LogP contribution is 2.41. The van der Waals surface area contributed by atoms with Crippen LogP contribution in [0.1, 0.15) is 42.9 Å². The molecule has 1 aliphatic heterocycles. The fourth-order valence-electron chi connectivity index (χ4n) is 3.45. The molecule has 1 aromatic heterocycles. The number of aromatic amines is 1. The van der Waals surface area contributed by atoms with Crippen molar-refractivity contribution in [1.29, 1.82) is 0 Å². The standard InChI is InChI=1S/C13H22N4/c1-9-16-11-4-7-15-13(12(11)17-9)5-2-10(8-14)3-6-13/h10,15H,2-8,14H2,1H3,(H,16,17). The quantitative estimate of drug-likeness (QED) is 0.684. The molecule has 4 N–H and O–H groups in total. The van der Waals surface area contributed by atoms with Gasteiger partial charge in [-0.05, 0) is 45.1 Å². The highest BCUT2D eigenvalue weighted by Gasteiger charge is 2.41. The Kier molecular flexibility index (Phi) is 2.71. The van der Waals surface area contributed by atoms with Gasteiger partial charge in [0.05, 0.1) is 11.2 Å². The average Bonchev–Trinajstić information content (AvgIpc) is 2.73. The minimum atomic E-state index is 0.143. The molecule has 2 aliphatic rings. The molecule has 3 rings (SSSR count). The van der Waals surface area contributed by atoms with Gasteiger partial charge in [0.15, 0.2) is 0 Å². The van der Waals surface area contributed by atoms with Crippen LogP contribution in [0, 0.1) is 12.8 Å². The molecule has 0 saturated heterocycles. The largest absolute Gasteiger partial charge is 0.346 e.